The van der Waals surface area contributed by atoms with Gasteiger partial charge in [-0.2, -0.15) is 0 Å². The molecule has 5 nitrogen and oxygen atoms in total. The number of nitrogens with one attached hydrogen (secondary N) is 3. The number of anilines is 1. The Balaban J connectivity index is 1.77. The molecule has 26 heavy (non-hydrogen) atoms. The average Bonchev–Trinajstić information content (AvgIpc) is 2.60. The minimum Gasteiger partial charge on any atom is -0.347 e. The second kappa shape index (κ2) is 10.2. The molecule has 0 radical (unpaired) electrons. The lowest BCUT2D eigenvalue weighted by Gasteiger charge is -2.14. The number of rotatable bonds is 8. The molecule has 0 aliphatic heterocycles. The van der Waals surface area contributed by atoms with E-state index in [0.29, 0.717) is 11.6 Å². The molecule has 0 aromatic heterocycles. The molecule has 0 aliphatic carbocycles. The zero-order valence-electron chi connectivity index (χ0n) is 14.8. The van der Waals surface area contributed by atoms with E-state index in [9.17, 15) is 9.59 Å². The zero-order valence-corrected chi connectivity index (χ0v) is 16.4. The van der Waals surface area contributed by atoms with Crippen molar-refractivity contribution in [1.29, 1.82) is 0 Å². The van der Waals surface area contributed by atoms with Crippen LogP contribution in [0.2, 0.25) is 5.02 Å². The van der Waals surface area contributed by atoms with E-state index in [4.69, 9.17) is 11.6 Å². The first-order valence-electron chi connectivity index (χ1n) is 8.23. The number of quaternary nitrogens is 1. The summed E-state index contributed by atoms with van der Waals surface area (Å²) in [6, 6.07) is 15.0. The van der Waals surface area contributed by atoms with Gasteiger partial charge in [-0.3, -0.25) is 9.59 Å². The SMILES string of the molecule is CSc1ccccc1NC(=O)C[NH+](C)CC(=O)NCc1cccc(Cl)c1. The fourth-order valence-corrected chi connectivity index (χ4v) is 3.23. The first kappa shape index (κ1) is 20.3. The smallest absolute Gasteiger partial charge is 0.279 e. The zero-order chi connectivity index (χ0) is 18.9. The standard InChI is InChI=1S/C19H22ClN3O2S/c1-23(12-18(24)21-11-14-6-5-7-15(20)10-14)13-19(25)22-16-8-3-4-9-17(16)26-2/h3-10H,11-13H2,1-2H3,(H,21,24)(H,22,25)/p+1. The average molecular weight is 393 g/mol. The number of carbonyl (C=O) groups excluding carboxylic acids is 2. The Kier molecular flexibility index (Phi) is 7.97. The van der Waals surface area contributed by atoms with E-state index in [0.717, 1.165) is 21.0 Å². The van der Waals surface area contributed by atoms with Crippen molar-refractivity contribution in [3.05, 3.63) is 59.1 Å². The monoisotopic (exact) mass is 392 g/mol. The summed E-state index contributed by atoms with van der Waals surface area (Å²) < 4.78 is 0. The molecule has 0 fully saturated rings. The highest BCUT2D eigenvalue weighted by Crippen LogP contribution is 2.24. The van der Waals surface area contributed by atoms with Gasteiger partial charge >= 0.3 is 0 Å². The van der Waals surface area contributed by atoms with Crippen LogP contribution in [0.1, 0.15) is 5.56 Å². The van der Waals surface area contributed by atoms with Crippen molar-refractivity contribution in [3.63, 3.8) is 0 Å². The van der Waals surface area contributed by atoms with Crippen LogP contribution in [0.5, 0.6) is 0 Å². The predicted octanol–water partition coefficient (Wildman–Crippen LogP) is 1.83. The third-order valence-electron chi connectivity index (χ3n) is 3.68. The summed E-state index contributed by atoms with van der Waals surface area (Å²) in [4.78, 5) is 26.1. The Hall–Kier alpha value is -2.02. The third kappa shape index (κ3) is 6.71. The van der Waals surface area contributed by atoms with Crippen molar-refractivity contribution in [3.8, 4) is 0 Å². The third-order valence-corrected chi connectivity index (χ3v) is 4.72. The lowest BCUT2D eigenvalue weighted by atomic mass is 10.2. The first-order chi connectivity index (χ1) is 12.5. The van der Waals surface area contributed by atoms with Crippen LogP contribution in [0.3, 0.4) is 0 Å². The molecule has 0 saturated carbocycles. The van der Waals surface area contributed by atoms with Crippen molar-refractivity contribution >= 4 is 40.9 Å². The number of likely N-dealkylation sites (N-methyl/N-ethyl adjacent to an activating group) is 1. The highest BCUT2D eigenvalue weighted by Gasteiger charge is 2.15. The van der Waals surface area contributed by atoms with Crippen LogP contribution in [-0.4, -0.2) is 38.2 Å². The van der Waals surface area contributed by atoms with Gasteiger partial charge in [-0.15, -0.1) is 11.8 Å². The molecule has 0 saturated heterocycles. The van der Waals surface area contributed by atoms with E-state index in [1.807, 2.05) is 55.8 Å². The van der Waals surface area contributed by atoms with Gasteiger partial charge in [0.15, 0.2) is 13.1 Å². The number of amides is 2. The van der Waals surface area contributed by atoms with Crippen LogP contribution < -0.4 is 15.5 Å². The predicted molar refractivity (Wildman–Crippen MR) is 107 cm³/mol. The van der Waals surface area contributed by atoms with Crippen LogP contribution in [0.15, 0.2) is 53.4 Å². The summed E-state index contributed by atoms with van der Waals surface area (Å²) in [6.45, 7) is 0.853. The molecule has 2 aromatic carbocycles. The first-order valence-corrected chi connectivity index (χ1v) is 9.83. The maximum Gasteiger partial charge on any atom is 0.279 e. The summed E-state index contributed by atoms with van der Waals surface area (Å²) >= 11 is 7.50. The highest BCUT2D eigenvalue weighted by molar-refractivity contribution is 7.98. The van der Waals surface area contributed by atoms with Gasteiger partial charge in [0.2, 0.25) is 0 Å². The molecular weight excluding hydrogens is 370 g/mol. The Labute approximate surface area is 163 Å². The topological polar surface area (TPSA) is 62.6 Å². The fourth-order valence-electron chi connectivity index (χ4n) is 2.46. The molecule has 2 rings (SSSR count). The van der Waals surface area contributed by atoms with Crippen LogP contribution >= 0.6 is 23.4 Å². The quantitative estimate of drug-likeness (QED) is 0.600. The molecule has 0 heterocycles. The molecule has 2 aromatic rings. The van der Waals surface area contributed by atoms with Crippen LogP contribution in [0.4, 0.5) is 5.69 Å². The summed E-state index contributed by atoms with van der Waals surface area (Å²) in [6.07, 6.45) is 1.96. The van der Waals surface area contributed by atoms with Crippen molar-refractivity contribution in [1.82, 2.24) is 5.32 Å². The second-order valence-corrected chi connectivity index (χ2v) is 7.25. The lowest BCUT2D eigenvalue weighted by Crippen LogP contribution is -3.11. The summed E-state index contributed by atoms with van der Waals surface area (Å²) in [5, 5.41) is 6.39. The highest BCUT2D eigenvalue weighted by atomic mass is 35.5. The number of benzene rings is 2. The Bertz CT molecular complexity index is 770. The summed E-state index contributed by atoms with van der Waals surface area (Å²) in [5.41, 5.74) is 1.73. The van der Waals surface area contributed by atoms with E-state index in [1.165, 1.54) is 0 Å². The van der Waals surface area contributed by atoms with Crippen molar-refractivity contribution < 1.29 is 14.5 Å². The molecule has 138 valence electrons. The van der Waals surface area contributed by atoms with Crippen LogP contribution in [0, 0.1) is 0 Å². The van der Waals surface area contributed by atoms with Gasteiger partial charge in [0.25, 0.3) is 11.8 Å². The number of carbonyl (C=O) groups is 2. The van der Waals surface area contributed by atoms with E-state index in [2.05, 4.69) is 10.6 Å². The van der Waals surface area contributed by atoms with Gasteiger partial charge in [0.1, 0.15) is 0 Å². The second-order valence-electron chi connectivity index (χ2n) is 5.97. The largest absolute Gasteiger partial charge is 0.347 e. The minimum atomic E-state index is -0.119. The van der Waals surface area contributed by atoms with Gasteiger partial charge in [-0.25, -0.2) is 0 Å². The molecule has 3 N–H and O–H groups in total. The summed E-state index contributed by atoms with van der Waals surface area (Å²) in [7, 11) is 1.82. The van der Waals surface area contributed by atoms with Gasteiger partial charge in [-0.1, -0.05) is 35.9 Å². The lowest BCUT2D eigenvalue weighted by molar-refractivity contribution is -0.862. The van der Waals surface area contributed by atoms with Crippen LogP contribution in [-0.2, 0) is 16.1 Å². The normalized spacial score (nSPS) is 11.7. The Morgan fingerprint density at radius 1 is 1.08 bits per heavy atom. The Morgan fingerprint density at radius 3 is 2.54 bits per heavy atom. The number of para-hydroxylation sites is 1. The van der Waals surface area contributed by atoms with Gasteiger partial charge in [0.05, 0.1) is 12.7 Å². The van der Waals surface area contributed by atoms with Crippen LogP contribution in [0.25, 0.3) is 0 Å². The van der Waals surface area contributed by atoms with Gasteiger partial charge < -0.3 is 15.5 Å². The maximum absolute atomic E-state index is 12.2. The molecule has 1 atom stereocenters. The molecule has 0 bridgehead atoms. The molecule has 1 unspecified atom stereocenters. The minimum absolute atomic E-state index is 0.111. The van der Waals surface area contributed by atoms with Crippen molar-refractivity contribution in [2.24, 2.45) is 0 Å². The van der Waals surface area contributed by atoms with Gasteiger partial charge in [0, 0.05) is 16.5 Å². The Morgan fingerprint density at radius 2 is 1.81 bits per heavy atom. The molecular formula is C19H23ClN3O2S+. The molecule has 0 aliphatic rings. The molecule has 0 spiro atoms. The fraction of sp³-hybridized carbons (Fsp3) is 0.263. The molecule has 2 amide bonds. The number of hydrogen-bond donors (Lipinski definition) is 3. The number of hydrogen-bond acceptors (Lipinski definition) is 3. The van der Waals surface area contributed by atoms with Crippen molar-refractivity contribution in [2.45, 2.75) is 11.4 Å². The van der Waals surface area contributed by atoms with E-state index in [1.54, 1.807) is 17.8 Å². The van der Waals surface area contributed by atoms with E-state index in [-0.39, 0.29) is 24.9 Å². The number of halogens is 1. The van der Waals surface area contributed by atoms with E-state index >= 15 is 0 Å². The van der Waals surface area contributed by atoms with Crippen molar-refractivity contribution in [2.75, 3.05) is 31.7 Å². The maximum atomic E-state index is 12.2. The summed E-state index contributed by atoms with van der Waals surface area (Å²) in [5.74, 6) is -0.230. The van der Waals surface area contributed by atoms with E-state index < -0.39 is 0 Å². The van der Waals surface area contributed by atoms with Gasteiger partial charge in [-0.05, 0) is 36.1 Å². The number of thioether (sulfide) groups is 1. The molecule has 7 heteroatoms.